The predicted octanol–water partition coefficient (Wildman–Crippen LogP) is 5.11. The van der Waals surface area contributed by atoms with E-state index in [1.54, 1.807) is 0 Å². The highest BCUT2D eigenvalue weighted by atomic mass is 35.5. The first-order chi connectivity index (χ1) is 12.6. The molecule has 136 valence electrons. The van der Waals surface area contributed by atoms with E-state index >= 15 is 0 Å². The minimum absolute atomic E-state index is 0.210. The van der Waals surface area contributed by atoms with Crippen molar-refractivity contribution in [2.45, 2.75) is 32.9 Å². The fraction of sp³-hybridized carbons (Fsp3) is 0.381. The van der Waals surface area contributed by atoms with Crippen LogP contribution in [-0.2, 0) is 13.1 Å². The molecule has 0 aliphatic carbocycles. The number of imidazole rings is 1. The van der Waals surface area contributed by atoms with E-state index < -0.39 is 0 Å². The van der Waals surface area contributed by atoms with Crippen LogP contribution in [0.25, 0.3) is 11.0 Å². The summed E-state index contributed by atoms with van der Waals surface area (Å²) in [4.78, 5) is 7.34. The van der Waals surface area contributed by atoms with Gasteiger partial charge in [0, 0.05) is 11.6 Å². The number of hydrogen-bond acceptors (Lipinski definition) is 2. The lowest BCUT2D eigenvalue weighted by Crippen LogP contribution is -2.33. The molecule has 0 unspecified atom stereocenters. The zero-order valence-electron chi connectivity index (χ0n) is 15.0. The van der Waals surface area contributed by atoms with Crippen molar-refractivity contribution < 1.29 is 4.39 Å². The molecule has 3 nitrogen and oxygen atoms in total. The van der Waals surface area contributed by atoms with Crippen LogP contribution in [-0.4, -0.2) is 27.5 Å². The Hall–Kier alpha value is -1.91. The lowest BCUT2D eigenvalue weighted by atomic mass is 9.99. The van der Waals surface area contributed by atoms with Crippen LogP contribution in [0.15, 0.2) is 42.5 Å². The maximum atomic E-state index is 13.2. The van der Waals surface area contributed by atoms with Gasteiger partial charge in [0.1, 0.15) is 11.6 Å². The van der Waals surface area contributed by atoms with Gasteiger partial charge in [0.15, 0.2) is 0 Å². The normalized spacial score (nSPS) is 16.4. The molecular weight excluding hydrogens is 349 g/mol. The summed E-state index contributed by atoms with van der Waals surface area (Å²) in [5.74, 6) is 1.64. The van der Waals surface area contributed by atoms with Crippen LogP contribution in [0.3, 0.4) is 0 Å². The van der Waals surface area contributed by atoms with Crippen molar-refractivity contribution in [2.24, 2.45) is 5.92 Å². The van der Waals surface area contributed by atoms with E-state index in [1.807, 2.05) is 30.3 Å². The van der Waals surface area contributed by atoms with Crippen LogP contribution in [0.1, 0.15) is 31.2 Å². The second kappa shape index (κ2) is 7.37. The maximum absolute atomic E-state index is 13.2. The number of likely N-dealkylation sites (tertiary alicyclic amines) is 1. The standard InChI is InChI=1S/C21H23ClFN3/c1-15-8-10-25(11-9-15)14-21-24-19-12-17(22)4-7-20(19)26(21)13-16-2-5-18(23)6-3-16/h2-7,12,15H,8-11,13-14H2,1H3. The van der Waals surface area contributed by atoms with Gasteiger partial charge in [-0.15, -0.1) is 0 Å². The summed E-state index contributed by atoms with van der Waals surface area (Å²) in [7, 11) is 0. The Morgan fingerprint density at radius 3 is 2.54 bits per heavy atom. The Labute approximate surface area is 158 Å². The van der Waals surface area contributed by atoms with Crippen molar-refractivity contribution >= 4 is 22.6 Å². The molecule has 2 heterocycles. The molecule has 5 heteroatoms. The minimum atomic E-state index is -0.210. The quantitative estimate of drug-likeness (QED) is 0.635. The molecule has 1 aromatic heterocycles. The van der Waals surface area contributed by atoms with Gasteiger partial charge in [0.05, 0.1) is 17.6 Å². The van der Waals surface area contributed by atoms with Crippen molar-refractivity contribution in [3.05, 3.63) is 64.7 Å². The highest BCUT2D eigenvalue weighted by Gasteiger charge is 2.19. The maximum Gasteiger partial charge on any atom is 0.124 e. The Balaban J connectivity index is 1.67. The van der Waals surface area contributed by atoms with E-state index in [1.165, 1.54) is 25.0 Å². The molecule has 1 fully saturated rings. The molecule has 1 saturated heterocycles. The van der Waals surface area contributed by atoms with E-state index in [9.17, 15) is 4.39 Å². The second-order valence-corrected chi connectivity index (χ2v) is 7.77. The van der Waals surface area contributed by atoms with Gasteiger partial charge in [-0.05, 0) is 67.7 Å². The number of rotatable bonds is 4. The summed E-state index contributed by atoms with van der Waals surface area (Å²) in [6, 6.07) is 12.5. The fourth-order valence-electron chi connectivity index (χ4n) is 3.64. The van der Waals surface area contributed by atoms with Gasteiger partial charge >= 0.3 is 0 Å². The van der Waals surface area contributed by atoms with Crippen LogP contribution in [0, 0.1) is 11.7 Å². The number of nitrogens with zero attached hydrogens (tertiary/aromatic N) is 3. The number of hydrogen-bond donors (Lipinski definition) is 0. The molecule has 1 aliphatic rings. The first kappa shape index (κ1) is 17.5. The molecule has 0 atom stereocenters. The predicted molar refractivity (Wildman–Crippen MR) is 104 cm³/mol. The van der Waals surface area contributed by atoms with Crippen LogP contribution >= 0.6 is 11.6 Å². The van der Waals surface area contributed by atoms with Crippen LogP contribution in [0.4, 0.5) is 4.39 Å². The molecule has 1 aliphatic heterocycles. The van der Waals surface area contributed by atoms with Gasteiger partial charge in [-0.2, -0.15) is 0 Å². The lowest BCUT2D eigenvalue weighted by Gasteiger charge is -2.30. The number of aromatic nitrogens is 2. The molecule has 3 aromatic rings. The van der Waals surface area contributed by atoms with Gasteiger partial charge in [-0.3, -0.25) is 4.90 Å². The molecule has 0 N–H and O–H groups in total. The van der Waals surface area contributed by atoms with Crippen LogP contribution in [0.5, 0.6) is 0 Å². The third kappa shape index (κ3) is 3.76. The summed E-state index contributed by atoms with van der Waals surface area (Å²) >= 11 is 6.16. The van der Waals surface area contributed by atoms with Crippen LogP contribution < -0.4 is 0 Å². The van der Waals surface area contributed by atoms with Gasteiger partial charge in [0.25, 0.3) is 0 Å². The number of piperidine rings is 1. The zero-order valence-corrected chi connectivity index (χ0v) is 15.7. The smallest absolute Gasteiger partial charge is 0.124 e. The van der Waals surface area contributed by atoms with Crippen LogP contribution in [0.2, 0.25) is 5.02 Å². The van der Waals surface area contributed by atoms with Crippen molar-refractivity contribution in [1.29, 1.82) is 0 Å². The Kier molecular flexibility index (Phi) is 4.96. The van der Waals surface area contributed by atoms with Gasteiger partial charge in [-0.25, -0.2) is 9.37 Å². The van der Waals surface area contributed by atoms with E-state index in [4.69, 9.17) is 16.6 Å². The monoisotopic (exact) mass is 371 g/mol. The summed E-state index contributed by atoms with van der Waals surface area (Å²) in [6.45, 7) is 6.06. The summed E-state index contributed by atoms with van der Waals surface area (Å²) < 4.78 is 15.5. The average molecular weight is 372 g/mol. The van der Waals surface area contributed by atoms with E-state index in [2.05, 4.69) is 16.4 Å². The fourth-order valence-corrected chi connectivity index (χ4v) is 3.81. The third-order valence-corrected chi connectivity index (χ3v) is 5.52. The average Bonchev–Trinajstić information content (AvgIpc) is 2.95. The number of fused-ring (bicyclic) bond motifs is 1. The minimum Gasteiger partial charge on any atom is -0.322 e. The Morgan fingerprint density at radius 2 is 1.81 bits per heavy atom. The lowest BCUT2D eigenvalue weighted by molar-refractivity contribution is 0.180. The van der Waals surface area contributed by atoms with E-state index in [0.717, 1.165) is 48.0 Å². The highest BCUT2D eigenvalue weighted by molar-refractivity contribution is 6.31. The molecule has 0 amide bonds. The Morgan fingerprint density at radius 1 is 1.08 bits per heavy atom. The summed E-state index contributed by atoms with van der Waals surface area (Å²) in [6.07, 6.45) is 2.48. The third-order valence-electron chi connectivity index (χ3n) is 5.28. The van der Waals surface area contributed by atoms with Gasteiger partial charge in [0.2, 0.25) is 0 Å². The number of halogens is 2. The Bertz CT molecular complexity index is 896. The van der Waals surface area contributed by atoms with Gasteiger partial charge in [-0.1, -0.05) is 30.7 Å². The first-order valence-electron chi connectivity index (χ1n) is 9.20. The van der Waals surface area contributed by atoms with Crippen molar-refractivity contribution in [3.8, 4) is 0 Å². The molecule has 4 rings (SSSR count). The molecule has 2 aromatic carbocycles. The molecule has 26 heavy (non-hydrogen) atoms. The molecule has 0 radical (unpaired) electrons. The van der Waals surface area contributed by atoms with Crippen molar-refractivity contribution in [1.82, 2.24) is 14.5 Å². The first-order valence-corrected chi connectivity index (χ1v) is 9.58. The molecule has 0 spiro atoms. The van der Waals surface area contributed by atoms with E-state index in [-0.39, 0.29) is 5.82 Å². The molecular formula is C21H23ClFN3. The summed E-state index contributed by atoms with van der Waals surface area (Å²) in [5, 5.41) is 0.697. The summed E-state index contributed by atoms with van der Waals surface area (Å²) in [5.41, 5.74) is 3.05. The molecule has 0 bridgehead atoms. The number of benzene rings is 2. The SMILES string of the molecule is CC1CCN(Cc2nc3cc(Cl)ccc3n2Cc2ccc(F)cc2)CC1. The largest absolute Gasteiger partial charge is 0.322 e. The highest BCUT2D eigenvalue weighted by Crippen LogP contribution is 2.24. The van der Waals surface area contributed by atoms with Crippen molar-refractivity contribution in [2.75, 3.05) is 13.1 Å². The van der Waals surface area contributed by atoms with Crippen molar-refractivity contribution in [3.63, 3.8) is 0 Å². The zero-order chi connectivity index (χ0) is 18.1. The van der Waals surface area contributed by atoms with Gasteiger partial charge < -0.3 is 4.57 Å². The molecule has 0 saturated carbocycles. The van der Waals surface area contributed by atoms with E-state index in [0.29, 0.717) is 11.6 Å². The second-order valence-electron chi connectivity index (χ2n) is 7.33. The topological polar surface area (TPSA) is 21.1 Å².